The average molecular weight is 327 g/mol. The minimum Gasteiger partial charge on any atom is -0.296 e. The second-order valence-electron chi connectivity index (χ2n) is 7.95. The van der Waals surface area contributed by atoms with Crippen LogP contribution >= 0.6 is 0 Å². The smallest absolute Gasteiger partial charge is 0.230 e. The molecule has 1 unspecified atom stereocenters. The van der Waals surface area contributed by atoms with Gasteiger partial charge in [-0.05, 0) is 67.4 Å². The highest BCUT2D eigenvalue weighted by Crippen LogP contribution is 2.38. The SMILES string of the molecule is CC(C)C1CCC(c2ccc(CC3CCC(=O)NC3=O)cc2)CC1. The summed E-state index contributed by atoms with van der Waals surface area (Å²) in [6.07, 6.45) is 7.17. The number of piperidine rings is 1. The van der Waals surface area contributed by atoms with Crippen molar-refractivity contribution in [2.75, 3.05) is 0 Å². The number of imide groups is 1. The lowest BCUT2D eigenvalue weighted by molar-refractivity contribution is -0.136. The van der Waals surface area contributed by atoms with E-state index in [1.165, 1.54) is 36.8 Å². The van der Waals surface area contributed by atoms with Crippen molar-refractivity contribution < 1.29 is 9.59 Å². The Balaban J connectivity index is 1.56. The minimum absolute atomic E-state index is 0.0602. The Kier molecular flexibility index (Phi) is 5.37. The van der Waals surface area contributed by atoms with E-state index >= 15 is 0 Å². The van der Waals surface area contributed by atoms with Crippen LogP contribution in [0.4, 0.5) is 0 Å². The summed E-state index contributed by atoms with van der Waals surface area (Å²) >= 11 is 0. The number of rotatable bonds is 4. The summed E-state index contributed by atoms with van der Waals surface area (Å²) in [5.41, 5.74) is 2.65. The molecule has 0 aromatic heterocycles. The van der Waals surface area contributed by atoms with Crippen LogP contribution in [0.2, 0.25) is 0 Å². The fourth-order valence-electron chi connectivity index (χ4n) is 4.26. The number of carbonyl (C=O) groups excluding carboxylic acids is 2. The van der Waals surface area contributed by atoms with E-state index in [0.717, 1.165) is 18.3 Å². The zero-order valence-electron chi connectivity index (χ0n) is 14.9. The van der Waals surface area contributed by atoms with Crippen molar-refractivity contribution in [3.8, 4) is 0 Å². The highest BCUT2D eigenvalue weighted by Gasteiger charge is 2.27. The Bertz CT molecular complexity index is 582. The van der Waals surface area contributed by atoms with Crippen LogP contribution in [0.25, 0.3) is 0 Å². The lowest BCUT2D eigenvalue weighted by Gasteiger charge is -2.31. The summed E-state index contributed by atoms with van der Waals surface area (Å²) in [6.45, 7) is 4.68. The van der Waals surface area contributed by atoms with E-state index in [9.17, 15) is 9.59 Å². The van der Waals surface area contributed by atoms with Crippen molar-refractivity contribution in [3.63, 3.8) is 0 Å². The van der Waals surface area contributed by atoms with Gasteiger partial charge >= 0.3 is 0 Å². The topological polar surface area (TPSA) is 46.2 Å². The van der Waals surface area contributed by atoms with Crippen molar-refractivity contribution in [1.29, 1.82) is 0 Å². The zero-order valence-corrected chi connectivity index (χ0v) is 14.9. The third kappa shape index (κ3) is 4.06. The molecule has 1 aliphatic carbocycles. The Morgan fingerprint density at radius 2 is 1.67 bits per heavy atom. The Morgan fingerprint density at radius 1 is 1.00 bits per heavy atom. The van der Waals surface area contributed by atoms with E-state index in [0.29, 0.717) is 18.8 Å². The average Bonchev–Trinajstić information content (AvgIpc) is 2.58. The number of benzene rings is 1. The number of nitrogens with one attached hydrogen (secondary N) is 1. The minimum atomic E-state index is -0.136. The van der Waals surface area contributed by atoms with Crippen LogP contribution < -0.4 is 5.32 Å². The largest absolute Gasteiger partial charge is 0.296 e. The molecule has 2 fully saturated rings. The Hall–Kier alpha value is -1.64. The highest BCUT2D eigenvalue weighted by molar-refractivity contribution is 5.98. The van der Waals surface area contributed by atoms with Crippen LogP contribution in [0.15, 0.2) is 24.3 Å². The second-order valence-corrected chi connectivity index (χ2v) is 7.95. The first-order valence-corrected chi connectivity index (χ1v) is 9.45. The van der Waals surface area contributed by atoms with Gasteiger partial charge in [0.1, 0.15) is 0 Å². The van der Waals surface area contributed by atoms with Crippen LogP contribution in [0.3, 0.4) is 0 Å². The summed E-state index contributed by atoms with van der Waals surface area (Å²) in [7, 11) is 0. The molecule has 0 bridgehead atoms. The van der Waals surface area contributed by atoms with Gasteiger partial charge in [0.05, 0.1) is 0 Å². The Labute approximate surface area is 145 Å². The summed E-state index contributed by atoms with van der Waals surface area (Å²) in [5.74, 6) is 2.10. The molecule has 3 nitrogen and oxygen atoms in total. The van der Waals surface area contributed by atoms with Crippen molar-refractivity contribution in [3.05, 3.63) is 35.4 Å². The molecule has 3 rings (SSSR count). The molecule has 1 saturated carbocycles. The maximum atomic E-state index is 11.9. The lowest BCUT2D eigenvalue weighted by Crippen LogP contribution is -2.41. The molecule has 1 aromatic carbocycles. The fraction of sp³-hybridized carbons (Fsp3) is 0.619. The molecule has 1 N–H and O–H groups in total. The molecule has 1 heterocycles. The summed E-state index contributed by atoms with van der Waals surface area (Å²) < 4.78 is 0. The molecule has 0 spiro atoms. The van der Waals surface area contributed by atoms with Gasteiger partial charge < -0.3 is 0 Å². The highest BCUT2D eigenvalue weighted by atomic mass is 16.2. The standard InChI is InChI=1S/C21H29NO2/c1-14(2)16-7-9-18(10-8-16)17-5-3-15(4-6-17)13-19-11-12-20(23)22-21(19)24/h3-6,14,16,18-19H,7-13H2,1-2H3,(H,22,23,24). The monoisotopic (exact) mass is 327 g/mol. The van der Waals surface area contributed by atoms with E-state index < -0.39 is 0 Å². The van der Waals surface area contributed by atoms with E-state index in [2.05, 4.69) is 43.4 Å². The number of carbonyl (C=O) groups is 2. The van der Waals surface area contributed by atoms with Gasteiger partial charge in [-0.2, -0.15) is 0 Å². The second kappa shape index (κ2) is 7.50. The molecular weight excluding hydrogens is 298 g/mol. The Morgan fingerprint density at radius 3 is 2.25 bits per heavy atom. The molecular formula is C21H29NO2. The molecule has 0 radical (unpaired) electrons. The van der Waals surface area contributed by atoms with Gasteiger partial charge in [0.15, 0.2) is 0 Å². The molecule has 2 amide bonds. The van der Waals surface area contributed by atoms with Gasteiger partial charge in [0.25, 0.3) is 0 Å². The lowest BCUT2D eigenvalue weighted by atomic mass is 9.74. The van der Waals surface area contributed by atoms with Crippen LogP contribution in [-0.2, 0) is 16.0 Å². The third-order valence-corrected chi connectivity index (χ3v) is 6.00. The predicted octanol–water partition coefficient (Wildman–Crippen LogP) is 4.21. The molecule has 24 heavy (non-hydrogen) atoms. The van der Waals surface area contributed by atoms with Gasteiger partial charge in [-0.25, -0.2) is 0 Å². The van der Waals surface area contributed by atoms with Crippen molar-refractivity contribution in [1.82, 2.24) is 5.32 Å². The van der Waals surface area contributed by atoms with Crippen LogP contribution in [0.1, 0.15) is 69.4 Å². The summed E-state index contributed by atoms with van der Waals surface area (Å²) in [4.78, 5) is 23.1. The van der Waals surface area contributed by atoms with Crippen LogP contribution in [0, 0.1) is 17.8 Å². The van der Waals surface area contributed by atoms with E-state index in [1.807, 2.05) is 0 Å². The van der Waals surface area contributed by atoms with Crippen LogP contribution in [-0.4, -0.2) is 11.8 Å². The first-order valence-electron chi connectivity index (χ1n) is 9.45. The molecule has 1 aromatic rings. The molecule has 1 aliphatic heterocycles. The fourth-order valence-corrected chi connectivity index (χ4v) is 4.26. The maximum absolute atomic E-state index is 11.9. The molecule has 130 valence electrons. The van der Waals surface area contributed by atoms with E-state index in [1.54, 1.807) is 0 Å². The summed E-state index contributed by atoms with van der Waals surface area (Å²) in [6, 6.07) is 8.85. The predicted molar refractivity (Wildman–Crippen MR) is 95.6 cm³/mol. The van der Waals surface area contributed by atoms with E-state index in [4.69, 9.17) is 0 Å². The van der Waals surface area contributed by atoms with Crippen molar-refractivity contribution in [2.45, 2.75) is 64.7 Å². The number of hydrogen-bond acceptors (Lipinski definition) is 2. The third-order valence-electron chi connectivity index (χ3n) is 6.00. The molecule has 1 saturated heterocycles. The van der Waals surface area contributed by atoms with Gasteiger partial charge in [-0.15, -0.1) is 0 Å². The molecule has 1 atom stereocenters. The van der Waals surface area contributed by atoms with Gasteiger partial charge in [-0.1, -0.05) is 38.1 Å². The van der Waals surface area contributed by atoms with Crippen molar-refractivity contribution >= 4 is 11.8 Å². The maximum Gasteiger partial charge on any atom is 0.230 e. The normalized spacial score (nSPS) is 28.0. The first kappa shape index (κ1) is 17.2. The summed E-state index contributed by atoms with van der Waals surface area (Å²) in [5, 5.41) is 2.45. The van der Waals surface area contributed by atoms with Gasteiger partial charge in [-0.3, -0.25) is 14.9 Å². The van der Waals surface area contributed by atoms with Gasteiger partial charge in [0.2, 0.25) is 11.8 Å². The molecule has 2 aliphatic rings. The quantitative estimate of drug-likeness (QED) is 0.842. The van der Waals surface area contributed by atoms with Gasteiger partial charge in [0, 0.05) is 12.3 Å². The van der Waals surface area contributed by atoms with E-state index in [-0.39, 0.29) is 17.7 Å². The number of hydrogen-bond donors (Lipinski definition) is 1. The van der Waals surface area contributed by atoms with Crippen molar-refractivity contribution in [2.24, 2.45) is 17.8 Å². The molecule has 3 heteroatoms. The zero-order chi connectivity index (χ0) is 17.1. The first-order chi connectivity index (χ1) is 11.5. The number of amides is 2. The van der Waals surface area contributed by atoms with Crippen LogP contribution in [0.5, 0.6) is 0 Å².